The maximum absolute atomic E-state index is 13.0. The summed E-state index contributed by atoms with van der Waals surface area (Å²) in [6.45, 7) is 2.24. The minimum Gasteiger partial charge on any atom is -0.465 e. The van der Waals surface area contributed by atoms with Crippen molar-refractivity contribution < 1.29 is 14.3 Å². The van der Waals surface area contributed by atoms with Gasteiger partial charge in [-0.05, 0) is 43.7 Å². The molecule has 0 saturated heterocycles. The Labute approximate surface area is 143 Å². The third kappa shape index (κ3) is 3.94. The number of hydrogen-bond donors (Lipinski definition) is 0. The fourth-order valence-electron chi connectivity index (χ4n) is 3.77. The van der Waals surface area contributed by atoms with Gasteiger partial charge in [0, 0.05) is 24.4 Å². The van der Waals surface area contributed by atoms with Crippen molar-refractivity contribution in [3.05, 3.63) is 30.1 Å². The lowest BCUT2D eigenvalue weighted by atomic mass is 9.93. The van der Waals surface area contributed by atoms with Crippen LogP contribution in [0.15, 0.2) is 24.5 Å². The van der Waals surface area contributed by atoms with Crippen molar-refractivity contribution in [1.82, 2.24) is 9.88 Å². The number of aromatic nitrogens is 1. The Hall–Kier alpha value is -1.91. The molecular formula is C19H26N2O3. The Bertz CT molecular complexity index is 569. The predicted octanol–water partition coefficient (Wildman–Crippen LogP) is 2.91. The molecule has 3 rings (SSSR count). The van der Waals surface area contributed by atoms with Gasteiger partial charge in [0.25, 0.3) is 0 Å². The molecule has 2 aliphatic carbocycles. The van der Waals surface area contributed by atoms with E-state index in [2.05, 4.69) is 4.98 Å². The summed E-state index contributed by atoms with van der Waals surface area (Å²) in [4.78, 5) is 30.9. The van der Waals surface area contributed by atoms with Gasteiger partial charge in [-0.25, -0.2) is 0 Å². The van der Waals surface area contributed by atoms with E-state index < -0.39 is 0 Å². The quantitative estimate of drug-likeness (QED) is 0.753. The zero-order valence-corrected chi connectivity index (χ0v) is 14.3. The summed E-state index contributed by atoms with van der Waals surface area (Å²) in [7, 11) is 0. The van der Waals surface area contributed by atoms with Crippen LogP contribution in [0.5, 0.6) is 0 Å². The number of nitrogens with zero attached hydrogens (tertiary/aromatic N) is 2. The van der Waals surface area contributed by atoms with E-state index in [0.29, 0.717) is 6.61 Å². The van der Waals surface area contributed by atoms with Gasteiger partial charge in [0.15, 0.2) is 0 Å². The highest BCUT2D eigenvalue weighted by Gasteiger charge is 2.47. The van der Waals surface area contributed by atoms with Gasteiger partial charge >= 0.3 is 5.97 Å². The molecule has 5 heteroatoms. The Kier molecular flexibility index (Phi) is 5.48. The van der Waals surface area contributed by atoms with Gasteiger partial charge in [-0.2, -0.15) is 0 Å². The largest absolute Gasteiger partial charge is 0.465 e. The monoisotopic (exact) mass is 330 g/mol. The number of carbonyl (C=O) groups excluding carboxylic acids is 2. The molecule has 0 aromatic carbocycles. The van der Waals surface area contributed by atoms with E-state index in [1.807, 2.05) is 18.3 Å². The highest BCUT2D eigenvalue weighted by Crippen LogP contribution is 2.48. The van der Waals surface area contributed by atoms with Crippen LogP contribution in [-0.2, 0) is 14.3 Å². The van der Waals surface area contributed by atoms with Gasteiger partial charge in [-0.15, -0.1) is 0 Å². The topological polar surface area (TPSA) is 59.5 Å². The van der Waals surface area contributed by atoms with Gasteiger partial charge in [-0.3, -0.25) is 14.6 Å². The summed E-state index contributed by atoms with van der Waals surface area (Å²) in [5.41, 5.74) is 1.12. The summed E-state index contributed by atoms with van der Waals surface area (Å²) < 4.78 is 5.08. The second-order valence-electron chi connectivity index (χ2n) is 6.80. The molecule has 0 aliphatic heterocycles. The summed E-state index contributed by atoms with van der Waals surface area (Å²) >= 11 is 0. The van der Waals surface area contributed by atoms with E-state index in [1.165, 1.54) is 6.42 Å². The number of ether oxygens (including phenoxy) is 1. The van der Waals surface area contributed by atoms with E-state index in [9.17, 15) is 9.59 Å². The van der Waals surface area contributed by atoms with Gasteiger partial charge in [0.1, 0.15) is 6.54 Å². The lowest BCUT2D eigenvalue weighted by Crippen LogP contribution is -2.45. The van der Waals surface area contributed by atoms with Gasteiger partial charge < -0.3 is 9.64 Å². The SMILES string of the molecule is CCOC(=O)CN(C(=O)[C@@H]1C[C@@H]1c1cccnc1)C1CCCCC1. The number of hydrogen-bond acceptors (Lipinski definition) is 4. The smallest absolute Gasteiger partial charge is 0.325 e. The molecule has 24 heavy (non-hydrogen) atoms. The second kappa shape index (κ2) is 7.77. The van der Waals surface area contributed by atoms with Crippen LogP contribution in [0, 0.1) is 5.92 Å². The number of pyridine rings is 1. The molecular weight excluding hydrogens is 304 g/mol. The van der Waals surface area contributed by atoms with E-state index in [1.54, 1.807) is 18.0 Å². The third-order valence-electron chi connectivity index (χ3n) is 5.12. The van der Waals surface area contributed by atoms with Crippen molar-refractivity contribution in [1.29, 1.82) is 0 Å². The first kappa shape index (κ1) is 16.9. The molecule has 5 nitrogen and oxygen atoms in total. The molecule has 0 radical (unpaired) electrons. The summed E-state index contributed by atoms with van der Waals surface area (Å²) in [5.74, 6) is 0.0591. The Morgan fingerprint density at radius 3 is 2.75 bits per heavy atom. The summed E-state index contributed by atoms with van der Waals surface area (Å²) in [5, 5.41) is 0. The van der Waals surface area contributed by atoms with Crippen LogP contribution in [0.1, 0.15) is 56.9 Å². The van der Waals surface area contributed by atoms with Crippen LogP contribution in [0.2, 0.25) is 0 Å². The molecule has 1 heterocycles. The fraction of sp³-hybridized carbons (Fsp3) is 0.632. The first-order valence-electron chi connectivity index (χ1n) is 9.06. The predicted molar refractivity (Wildman–Crippen MR) is 90.3 cm³/mol. The molecule has 2 atom stereocenters. The molecule has 0 unspecified atom stereocenters. The lowest BCUT2D eigenvalue weighted by Gasteiger charge is -2.34. The standard InChI is InChI=1S/C19H26N2O3/c1-2-24-18(22)13-21(15-8-4-3-5-9-15)19(23)17-11-16(17)14-7-6-10-20-12-14/h6-7,10,12,15-17H,2-5,8-9,11,13H2,1H3/t16-,17-/m1/s1. The van der Waals surface area contributed by atoms with Crippen LogP contribution in [0.3, 0.4) is 0 Å². The molecule has 0 bridgehead atoms. The zero-order chi connectivity index (χ0) is 16.9. The maximum atomic E-state index is 13.0. The minimum absolute atomic E-state index is 0.00875. The van der Waals surface area contributed by atoms with E-state index >= 15 is 0 Å². The van der Waals surface area contributed by atoms with Crippen LogP contribution in [0.25, 0.3) is 0 Å². The minimum atomic E-state index is -0.296. The molecule has 130 valence electrons. The molecule has 1 aromatic rings. The Balaban J connectivity index is 1.68. The molecule has 1 aromatic heterocycles. The highest BCUT2D eigenvalue weighted by molar-refractivity contribution is 5.86. The number of amides is 1. The molecule has 2 fully saturated rings. The average Bonchev–Trinajstić information content (AvgIpc) is 3.42. The van der Waals surface area contributed by atoms with Gasteiger partial charge in [0.2, 0.25) is 5.91 Å². The normalized spacial score (nSPS) is 23.5. The maximum Gasteiger partial charge on any atom is 0.325 e. The summed E-state index contributed by atoms with van der Waals surface area (Å²) in [6.07, 6.45) is 9.93. The van der Waals surface area contributed by atoms with Crippen molar-refractivity contribution in [3.63, 3.8) is 0 Å². The second-order valence-corrected chi connectivity index (χ2v) is 6.80. The van der Waals surface area contributed by atoms with E-state index in [-0.39, 0.29) is 36.3 Å². The fourth-order valence-corrected chi connectivity index (χ4v) is 3.77. The first-order valence-corrected chi connectivity index (χ1v) is 9.06. The number of rotatable bonds is 6. The third-order valence-corrected chi connectivity index (χ3v) is 5.12. The van der Waals surface area contributed by atoms with Gasteiger partial charge in [-0.1, -0.05) is 25.3 Å². The van der Waals surface area contributed by atoms with E-state index in [4.69, 9.17) is 4.74 Å². The van der Waals surface area contributed by atoms with E-state index in [0.717, 1.165) is 37.7 Å². The zero-order valence-electron chi connectivity index (χ0n) is 14.3. The highest BCUT2D eigenvalue weighted by atomic mass is 16.5. The Morgan fingerprint density at radius 1 is 1.29 bits per heavy atom. The molecule has 1 amide bonds. The van der Waals surface area contributed by atoms with Crippen LogP contribution in [0.4, 0.5) is 0 Å². The van der Waals surface area contributed by atoms with Crippen molar-refractivity contribution in [2.45, 2.75) is 57.4 Å². The Morgan fingerprint density at radius 2 is 2.08 bits per heavy atom. The lowest BCUT2D eigenvalue weighted by molar-refractivity contribution is -0.151. The molecule has 0 spiro atoms. The molecule has 2 saturated carbocycles. The van der Waals surface area contributed by atoms with Crippen LogP contribution < -0.4 is 0 Å². The number of esters is 1. The van der Waals surface area contributed by atoms with Crippen molar-refractivity contribution in [3.8, 4) is 0 Å². The van der Waals surface area contributed by atoms with Crippen LogP contribution >= 0.6 is 0 Å². The average molecular weight is 330 g/mol. The van der Waals surface area contributed by atoms with Gasteiger partial charge in [0.05, 0.1) is 6.61 Å². The van der Waals surface area contributed by atoms with Crippen molar-refractivity contribution in [2.24, 2.45) is 5.92 Å². The first-order chi connectivity index (χ1) is 11.7. The van der Waals surface area contributed by atoms with Crippen LogP contribution in [-0.4, -0.2) is 41.0 Å². The molecule has 0 N–H and O–H groups in total. The van der Waals surface area contributed by atoms with Crippen molar-refractivity contribution >= 4 is 11.9 Å². The molecule has 2 aliphatic rings. The summed E-state index contributed by atoms with van der Waals surface area (Å²) in [6, 6.07) is 4.12. The van der Waals surface area contributed by atoms with Crippen molar-refractivity contribution in [2.75, 3.05) is 13.2 Å². The number of carbonyl (C=O) groups is 2.